The van der Waals surface area contributed by atoms with Crippen LogP contribution in [0.25, 0.3) is 0 Å². The van der Waals surface area contributed by atoms with Gasteiger partial charge in [-0.2, -0.15) is 5.10 Å². The van der Waals surface area contributed by atoms with Crippen LogP contribution in [-0.4, -0.2) is 39.2 Å². The van der Waals surface area contributed by atoms with E-state index in [1.807, 2.05) is 25.5 Å². The Balaban J connectivity index is 2.44. The van der Waals surface area contributed by atoms with E-state index in [1.165, 1.54) is 0 Å². The van der Waals surface area contributed by atoms with Crippen molar-refractivity contribution in [3.05, 3.63) is 10.6 Å². The number of likely N-dealkylation sites (N-methyl/N-ethyl adjacent to an activating group) is 1. The van der Waals surface area contributed by atoms with Gasteiger partial charge in [-0.25, -0.2) is 0 Å². The van der Waals surface area contributed by atoms with Crippen LogP contribution in [0.4, 0.5) is 0 Å². The third kappa shape index (κ3) is 1.67. The molecule has 16 heavy (non-hydrogen) atoms. The average Bonchev–Trinajstić information content (AvgIpc) is 2.73. The Bertz CT molecular complexity index is 462. The average molecular weight is 240 g/mol. The summed E-state index contributed by atoms with van der Waals surface area (Å²) in [6.45, 7) is 4.88. The molecular formula is C10H16N4OS. The summed E-state index contributed by atoms with van der Waals surface area (Å²) in [5.41, 5.74) is 0. The molecule has 2 heterocycles. The maximum atomic E-state index is 11.9. The highest BCUT2D eigenvalue weighted by molar-refractivity contribution is 7.71. The topological polar surface area (TPSA) is 53.9 Å². The normalized spacial score (nSPS) is 21.1. The lowest BCUT2D eigenvalue weighted by molar-refractivity contribution is -0.129. The predicted octanol–water partition coefficient (Wildman–Crippen LogP) is 1.47. The van der Waals surface area contributed by atoms with Gasteiger partial charge >= 0.3 is 0 Å². The molecule has 1 amide bonds. The fourth-order valence-electron chi connectivity index (χ4n) is 2.07. The summed E-state index contributed by atoms with van der Waals surface area (Å²) in [4.78, 5) is 13.7. The first-order chi connectivity index (χ1) is 7.52. The fraction of sp³-hybridized carbons (Fsp3) is 0.700. The zero-order valence-corrected chi connectivity index (χ0v) is 10.5. The third-order valence-corrected chi connectivity index (χ3v) is 3.25. The smallest absolute Gasteiger partial charge is 0.245 e. The van der Waals surface area contributed by atoms with E-state index >= 15 is 0 Å². The van der Waals surface area contributed by atoms with E-state index in [9.17, 15) is 4.79 Å². The van der Waals surface area contributed by atoms with E-state index in [-0.39, 0.29) is 17.9 Å². The number of nitrogens with zero attached hydrogens (tertiary/aromatic N) is 3. The third-order valence-electron chi connectivity index (χ3n) is 2.96. The number of amides is 1. The maximum Gasteiger partial charge on any atom is 0.245 e. The zero-order chi connectivity index (χ0) is 11.9. The number of H-pyrrole nitrogens is 1. The van der Waals surface area contributed by atoms with E-state index in [0.717, 1.165) is 18.8 Å². The highest BCUT2D eigenvalue weighted by Crippen LogP contribution is 2.25. The van der Waals surface area contributed by atoms with Gasteiger partial charge in [0.2, 0.25) is 5.91 Å². The van der Waals surface area contributed by atoms with Crippen LogP contribution in [0.3, 0.4) is 0 Å². The molecule has 1 N–H and O–H groups in total. The Morgan fingerprint density at radius 2 is 2.25 bits per heavy atom. The molecule has 0 spiro atoms. The maximum absolute atomic E-state index is 11.9. The van der Waals surface area contributed by atoms with Crippen LogP contribution in [0.1, 0.15) is 38.1 Å². The van der Waals surface area contributed by atoms with Gasteiger partial charge in [-0.05, 0) is 18.6 Å². The first kappa shape index (κ1) is 11.3. The first-order valence-electron chi connectivity index (χ1n) is 5.44. The molecule has 0 bridgehead atoms. The second-order valence-electron chi connectivity index (χ2n) is 4.48. The molecule has 2 rings (SSSR count). The summed E-state index contributed by atoms with van der Waals surface area (Å²) >= 11 is 5.19. The molecule has 0 radical (unpaired) electrons. The van der Waals surface area contributed by atoms with Crippen molar-refractivity contribution in [1.82, 2.24) is 19.7 Å². The number of aromatic nitrogens is 3. The molecule has 1 aromatic rings. The predicted molar refractivity (Wildman–Crippen MR) is 62.8 cm³/mol. The molecular weight excluding hydrogens is 224 g/mol. The number of carbonyl (C=O) groups excluding carboxylic acids is 1. The van der Waals surface area contributed by atoms with E-state index in [1.54, 1.807) is 4.90 Å². The molecule has 1 aliphatic rings. The highest BCUT2D eigenvalue weighted by atomic mass is 32.1. The lowest BCUT2D eigenvalue weighted by Crippen LogP contribution is -2.25. The summed E-state index contributed by atoms with van der Waals surface area (Å²) in [6, 6.07) is -0.173. The molecule has 1 fully saturated rings. The summed E-state index contributed by atoms with van der Waals surface area (Å²) in [7, 11) is 1.82. The molecule has 1 aromatic heterocycles. The van der Waals surface area contributed by atoms with Crippen molar-refractivity contribution < 1.29 is 4.79 Å². The molecule has 1 atom stereocenters. The van der Waals surface area contributed by atoms with Crippen LogP contribution in [-0.2, 0) is 4.79 Å². The van der Waals surface area contributed by atoms with Crippen LogP contribution in [0, 0.1) is 4.77 Å². The van der Waals surface area contributed by atoms with Gasteiger partial charge in [-0.3, -0.25) is 14.5 Å². The second-order valence-corrected chi connectivity index (χ2v) is 4.86. The van der Waals surface area contributed by atoms with Crippen molar-refractivity contribution in [1.29, 1.82) is 0 Å². The van der Waals surface area contributed by atoms with Gasteiger partial charge in [0, 0.05) is 19.5 Å². The first-order valence-corrected chi connectivity index (χ1v) is 5.85. The molecule has 1 unspecified atom stereocenters. The van der Waals surface area contributed by atoms with Crippen LogP contribution in [0.5, 0.6) is 0 Å². The minimum Gasteiger partial charge on any atom is -0.344 e. The van der Waals surface area contributed by atoms with Crippen molar-refractivity contribution in [2.75, 3.05) is 13.6 Å². The summed E-state index contributed by atoms with van der Waals surface area (Å²) in [5.74, 6) is 1.24. The highest BCUT2D eigenvalue weighted by Gasteiger charge is 2.33. The van der Waals surface area contributed by atoms with Crippen molar-refractivity contribution in [2.45, 2.75) is 32.2 Å². The quantitative estimate of drug-likeness (QED) is 0.796. The van der Waals surface area contributed by atoms with Crippen LogP contribution in [0.2, 0.25) is 0 Å². The van der Waals surface area contributed by atoms with Crippen LogP contribution < -0.4 is 0 Å². The standard InChI is InChI=1S/C10H16N4OS/c1-6(2)8-11-12-10(16)14(8)7-4-5-13(3)9(7)15/h6-7H,4-5H2,1-3H3,(H,12,16). The van der Waals surface area contributed by atoms with E-state index in [4.69, 9.17) is 12.2 Å². The van der Waals surface area contributed by atoms with Gasteiger partial charge in [0.05, 0.1) is 0 Å². The molecule has 88 valence electrons. The zero-order valence-electron chi connectivity index (χ0n) is 9.73. The molecule has 0 aliphatic carbocycles. The Morgan fingerprint density at radius 3 is 2.75 bits per heavy atom. The molecule has 5 nitrogen and oxygen atoms in total. The number of nitrogens with one attached hydrogen (secondary N) is 1. The van der Waals surface area contributed by atoms with Gasteiger partial charge < -0.3 is 4.90 Å². The largest absolute Gasteiger partial charge is 0.344 e. The monoisotopic (exact) mass is 240 g/mol. The Labute approximate surface area is 99.5 Å². The molecule has 1 saturated heterocycles. The van der Waals surface area contributed by atoms with Crippen LogP contribution in [0.15, 0.2) is 0 Å². The van der Waals surface area contributed by atoms with Crippen molar-refractivity contribution in [2.24, 2.45) is 0 Å². The van der Waals surface area contributed by atoms with E-state index in [0.29, 0.717) is 4.77 Å². The summed E-state index contributed by atoms with van der Waals surface area (Å²) in [6.07, 6.45) is 0.808. The Kier molecular flexibility index (Phi) is 2.84. The summed E-state index contributed by atoms with van der Waals surface area (Å²) in [5, 5.41) is 6.97. The molecule has 0 saturated carbocycles. The van der Waals surface area contributed by atoms with Crippen molar-refractivity contribution in [3.8, 4) is 0 Å². The van der Waals surface area contributed by atoms with Gasteiger partial charge in [0.1, 0.15) is 11.9 Å². The Hall–Kier alpha value is -1.17. The number of aromatic amines is 1. The Morgan fingerprint density at radius 1 is 1.56 bits per heavy atom. The second kappa shape index (κ2) is 4.01. The van der Waals surface area contributed by atoms with Gasteiger partial charge in [0.15, 0.2) is 4.77 Å². The summed E-state index contributed by atoms with van der Waals surface area (Å²) < 4.78 is 2.41. The van der Waals surface area contributed by atoms with E-state index < -0.39 is 0 Å². The molecule has 0 aromatic carbocycles. The number of hydrogen-bond donors (Lipinski definition) is 1. The number of rotatable bonds is 2. The van der Waals surface area contributed by atoms with Gasteiger partial charge in [-0.15, -0.1) is 0 Å². The number of carbonyl (C=O) groups is 1. The lowest BCUT2D eigenvalue weighted by Gasteiger charge is -2.15. The van der Waals surface area contributed by atoms with E-state index in [2.05, 4.69) is 10.2 Å². The van der Waals surface area contributed by atoms with Crippen molar-refractivity contribution >= 4 is 18.1 Å². The van der Waals surface area contributed by atoms with Gasteiger partial charge in [-0.1, -0.05) is 13.8 Å². The minimum atomic E-state index is -0.173. The lowest BCUT2D eigenvalue weighted by atomic mass is 10.2. The molecule has 1 aliphatic heterocycles. The minimum absolute atomic E-state index is 0.124. The SMILES string of the molecule is CC(C)c1n[nH]c(=S)n1C1CCN(C)C1=O. The number of hydrogen-bond acceptors (Lipinski definition) is 3. The van der Waals surface area contributed by atoms with Crippen LogP contribution >= 0.6 is 12.2 Å². The fourth-order valence-corrected chi connectivity index (χ4v) is 2.34. The number of likely N-dealkylation sites (tertiary alicyclic amines) is 1. The van der Waals surface area contributed by atoms with Gasteiger partial charge in [0.25, 0.3) is 0 Å². The molecule has 6 heteroatoms. The van der Waals surface area contributed by atoms with Crippen molar-refractivity contribution in [3.63, 3.8) is 0 Å².